The number of amides is 1. The highest BCUT2D eigenvalue weighted by atomic mass is 32.2. The number of hydrogen-bond acceptors (Lipinski definition) is 3. The average molecular weight is 175 g/mol. The largest absolute Gasteiger partial charge is 0.373 e. The van der Waals surface area contributed by atoms with E-state index in [1.807, 2.05) is 6.92 Å². The Morgan fingerprint density at radius 2 is 2.45 bits per heavy atom. The van der Waals surface area contributed by atoms with Crippen LogP contribution in [0.3, 0.4) is 0 Å². The normalized spacial score (nSPS) is 31.5. The van der Waals surface area contributed by atoms with E-state index in [0.717, 1.165) is 5.75 Å². The zero-order valence-electron chi connectivity index (χ0n) is 6.78. The molecule has 2 atom stereocenters. The van der Waals surface area contributed by atoms with Crippen molar-refractivity contribution in [3.63, 3.8) is 0 Å². The van der Waals surface area contributed by atoms with E-state index in [0.29, 0.717) is 6.42 Å². The van der Waals surface area contributed by atoms with Crippen molar-refractivity contribution in [1.29, 1.82) is 0 Å². The first-order chi connectivity index (χ1) is 5.16. The minimum absolute atomic E-state index is 0.0139. The summed E-state index contributed by atoms with van der Waals surface area (Å²) in [6, 6.07) is 0. The third-order valence-electron chi connectivity index (χ3n) is 1.86. The maximum absolute atomic E-state index is 11.3. The molecule has 0 radical (unpaired) electrons. The minimum atomic E-state index is -0.563. The highest BCUT2D eigenvalue weighted by Gasteiger charge is 2.35. The van der Waals surface area contributed by atoms with E-state index in [9.17, 15) is 9.90 Å². The number of likely N-dealkylation sites (tertiary alicyclic amines) is 1. The van der Waals surface area contributed by atoms with Gasteiger partial charge in [-0.1, -0.05) is 6.92 Å². The lowest BCUT2D eigenvalue weighted by Gasteiger charge is -2.12. The number of aliphatic hydroxyl groups excluding tert-OH is 1. The number of rotatable bonds is 2. The summed E-state index contributed by atoms with van der Waals surface area (Å²) in [6.07, 6.45) is 0.0138. The summed E-state index contributed by atoms with van der Waals surface area (Å²) in [5.74, 6) is 0.987. The van der Waals surface area contributed by atoms with Crippen molar-refractivity contribution in [1.82, 2.24) is 4.90 Å². The number of carbonyl (C=O) groups is 1. The van der Waals surface area contributed by atoms with Gasteiger partial charge in [-0.15, -0.1) is 11.8 Å². The van der Waals surface area contributed by atoms with E-state index in [1.54, 1.807) is 18.8 Å². The van der Waals surface area contributed by atoms with Crippen LogP contribution in [0.1, 0.15) is 13.3 Å². The second kappa shape index (κ2) is 3.45. The lowest BCUT2D eigenvalue weighted by molar-refractivity contribution is -0.130. The van der Waals surface area contributed by atoms with Crippen molar-refractivity contribution in [2.75, 3.05) is 12.8 Å². The molecule has 1 amide bonds. The van der Waals surface area contributed by atoms with Crippen LogP contribution in [0.2, 0.25) is 0 Å². The summed E-state index contributed by atoms with van der Waals surface area (Å²) < 4.78 is 0. The fourth-order valence-corrected chi connectivity index (χ4v) is 2.18. The molecule has 0 aromatic carbocycles. The van der Waals surface area contributed by atoms with Crippen molar-refractivity contribution < 1.29 is 9.90 Å². The van der Waals surface area contributed by atoms with E-state index < -0.39 is 6.23 Å². The van der Waals surface area contributed by atoms with Gasteiger partial charge in [-0.05, 0) is 5.75 Å². The molecule has 1 rings (SSSR count). The van der Waals surface area contributed by atoms with Gasteiger partial charge in [-0.3, -0.25) is 4.79 Å². The highest BCUT2D eigenvalue weighted by Crippen LogP contribution is 2.25. The molecule has 11 heavy (non-hydrogen) atoms. The van der Waals surface area contributed by atoms with Crippen molar-refractivity contribution in [2.24, 2.45) is 0 Å². The molecule has 3 nitrogen and oxygen atoms in total. The van der Waals surface area contributed by atoms with E-state index in [1.165, 1.54) is 4.90 Å². The van der Waals surface area contributed by atoms with Gasteiger partial charge in [0.2, 0.25) is 5.91 Å². The first-order valence-corrected chi connectivity index (χ1v) is 4.78. The first kappa shape index (κ1) is 8.87. The topological polar surface area (TPSA) is 40.5 Å². The van der Waals surface area contributed by atoms with Gasteiger partial charge >= 0.3 is 0 Å². The third kappa shape index (κ3) is 1.68. The van der Waals surface area contributed by atoms with Gasteiger partial charge in [0.25, 0.3) is 0 Å². The molecule has 4 heteroatoms. The van der Waals surface area contributed by atoms with Crippen LogP contribution in [0.4, 0.5) is 0 Å². The molecule has 1 saturated heterocycles. The maximum atomic E-state index is 11.3. The summed E-state index contributed by atoms with van der Waals surface area (Å²) in [5, 5.41) is 9.24. The van der Waals surface area contributed by atoms with Gasteiger partial charge in [-0.25, -0.2) is 0 Å². The van der Waals surface area contributed by atoms with E-state index >= 15 is 0 Å². The SMILES string of the molecule is CCSC1CC(O)N(C)C1=O. The van der Waals surface area contributed by atoms with E-state index in [2.05, 4.69) is 0 Å². The molecule has 0 aromatic rings. The molecule has 0 spiro atoms. The monoisotopic (exact) mass is 175 g/mol. The maximum Gasteiger partial charge on any atom is 0.237 e. The Balaban J connectivity index is 2.52. The smallest absolute Gasteiger partial charge is 0.237 e. The Kier molecular flexibility index (Phi) is 2.78. The number of thioether (sulfide) groups is 1. The summed E-state index contributed by atoms with van der Waals surface area (Å²) >= 11 is 1.60. The first-order valence-electron chi connectivity index (χ1n) is 3.73. The molecule has 0 aliphatic carbocycles. The zero-order valence-corrected chi connectivity index (χ0v) is 7.60. The van der Waals surface area contributed by atoms with Crippen LogP contribution in [0.25, 0.3) is 0 Å². The molecule has 1 heterocycles. The second-order valence-corrected chi connectivity index (χ2v) is 4.09. The van der Waals surface area contributed by atoms with Gasteiger partial charge in [0.1, 0.15) is 6.23 Å². The lowest BCUT2D eigenvalue weighted by Crippen LogP contribution is -2.29. The molecule has 2 unspecified atom stereocenters. The number of hydrogen-bond donors (Lipinski definition) is 1. The van der Waals surface area contributed by atoms with Crippen LogP contribution >= 0.6 is 11.8 Å². The van der Waals surface area contributed by atoms with Gasteiger partial charge in [0.05, 0.1) is 5.25 Å². The van der Waals surface area contributed by atoms with Gasteiger partial charge < -0.3 is 10.0 Å². The summed E-state index contributed by atoms with van der Waals surface area (Å²) in [4.78, 5) is 12.7. The van der Waals surface area contributed by atoms with Crippen LogP contribution in [-0.4, -0.2) is 40.2 Å². The van der Waals surface area contributed by atoms with Crippen LogP contribution < -0.4 is 0 Å². The van der Waals surface area contributed by atoms with Gasteiger partial charge in [0, 0.05) is 13.5 Å². The number of aliphatic hydroxyl groups is 1. The molecular formula is C7H13NO2S. The Morgan fingerprint density at radius 3 is 2.82 bits per heavy atom. The van der Waals surface area contributed by atoms with E-state index in [4.69, 9.17) is 0 Å². The highest BCUT2D eigenvalue weighted by molar-refractivity contribution is 8.00. The minimum Gasteiger partial charge on any atom is -0.373 e. The quantitative estimate of drug-likeness (QED) is 0.655. The van der Waals surface area contributed by atoms with Crippen LogP contribution in [0.15, 0.2) is 0 Å². The molecule has 0 bridgehead atoms. The fourth-order valence-electron chi connectivity index (χ4n) is 1.16. The molecule has 1 aliphatic heterocycles. The van der Waals surface area contributed by atoms with Crippen molar-refractivity contribution >= 4 is 17.7 Å². The Morgan fingerprint density at radius 1 is 1.82 bits per heavy atom. The average Bonchev–Trinajstić information content (AvgIpc) is 2.19. The standard InChI is InChI=1S/C7H13NO2S/c1-3-11-5-4-6(9)8(2)7(5)10/h5-6,9H,3-4H2,1-2H3. The predicted molar refractivity (Wildman–Crippen MR) is 45.3 cm³/mol. The Labute approximate surface area is 70.8 Å². The Hall–Kier alpha value is -0.220. The lowest BCUT2D eigenvalue weighted by atomic mass is 10.3. The molecule has 0 aromatic heterocycles. The molecule has 1 fully saturated rings. The van der Waals surface area contributed by atoms with Crippen LogP contribution in [-0.2, 0) is 4.79 Å². The molecule has 64 valence electrons. The molecule has 0 saturated carbocycles. The van der Waals surface area contributed by atoms with Crippen molar-refractivity contribution in [3.8, 4) is 0 Å². The van der Waals surface area contributed by atoms with Crippen molar-refractivity contribution in [2.45, 2.75) is 24.8 Å². The molecule has 1 aliphatic rings. The van der Waals surface area contributed by atoms with E-state index in [-0.39, 0.29) is 11.2 Å². The van der Waals surface area contributed by atoms with Gasteiger partial charge in [0.15, 0.2) is 0 Å². The fraction of sp³-hybridized carbons (Fsp3) is 0.857. The summed E-state index contributed by atoms with van der Waals surface area (Å²) in [5.41, 5.74) is 0. The van der Waals surface area contributed by atoms with Crippen molar-refractivity contribution in [3.05, 3.63) is 0 Å². The number of nitrogens with zero attached hydrogens (tertiary/aromatic N) is 1. The predicted octanol–water partition coefficient (Wildman–Crippen LogP) is 0.289. The molecular weight excluding hydrogens is 162 g/mol. The Bertz CT molecular complexity index is 163. The summed E-state index contributed by atoms with van der Waals surface area (Å²) in [6.45, 7) is 2.02. The number of carbonyl (C=O) groups excluding carboxylic acids is 1. The van der Waals surface area contributed by atoms with Crippen LogP contribution in [0, 0.1) is 0 Å². The zero-order chi connectivity index (χ0) is 8.43. The third-order valence-corrected chi connectivity index (χ3v) is 2.99. The van der Waals surface area contributed by atoms with Crippen LogP contribution in [0.5, 0.6) is 0 Å². The van der Waals surface area contributed by atoms with Gasteiger partial charge in [-0.2, -0.15) is 0 Å². The second-order valence-electron chi connectivity index (χ2n) is 2.61. The molecule has 1 N–H and O–H groups in total. The summed E-state index contributed by atoms with van der Waals surface area (Å²) in [7, 11) is 1.64.